The molecule has 0 unspecified atom stereocenters. The molecule has 0 aliphatic heterocycles. The quantitative estimate of drug-likeness (QED) is 0.458. The molecule has 3 aromatic rings. The van der Waals surface area contributed by atoms with Crippen molar-refractivity contribution in [3.63, 3.8) is 0 Å². The monoisotopic (exact) mass is 408 g/mol. The van der Waals surface area contributed by atoms with Crippen LogP contribution in [0.1, 0.15) is 5.69 Å². The topological polar surface area (TPSA) is 56.7 Å². The Bertz CT molecular complexity index is 933. The molecule has 0 radical (unpaired) electrons. The van der Waals surface area contributed by atoms with Crippen molar-refractivity contribution in [2.45, 2.75) is 17.2 Å². The first kappa shape index (κ1) is 19.3. The van der Waals surface area contributed by atoms with Crippen LogP contribution in [0, 0.1) is 0 Å². The number of aryl methyl sites for hydroxylation is 1. The highest BCUT2D eigenvalue weighted by molar-refractivity contribution is 7.99. The van der Waals surface area contributed by atoms with Gasteiger partial charge in [-0.1, -0.05) is 11.2 Å². The van der Waals surface area contributed by atoms with Crippen LogP contribution in [0.3, 0.4) is 0 Å². The Balaban J connectivity index is 2.04. The predicted octanol–water partition coefficient (Wildman–Crippen LogP) is 4.81. The minimum absolute atomic E-state index is 0.0761. The first-order valence-electron chi connectivity index (χ1n) is 7.26. The van der Waals surface area contributed by atoms with Crippen LogP contribution in [-0.2, 0) is 13.2 Å². The van der Waals surface area contributed by atoms with Crippen molar-refractivity contribution in [1.29, 1.82) is 0 Å². The van der Waals surface area contributed by atoms with Gasteiger partial charge >= 0.3 is 12.4 Å². The molecule has 0 aliphatic rings. The molecule has 144 valence electrons. The Kier molecular flexibility index (Phi) is 4.93. The van der Waals surface area contributed by atoms with Gasteiger partial charge in [-0.3, -0.25) is 4.68 Å². The molecule has 2 aromatic heterocycles. The van der Waals surface area contributed by atoms with Crippen molar-refractivity contribution in [2.75, 3.05) is 5.75 Å². The van der Waals surface area contributed by atoms with Crippen molar-refractivity contribution in [2.24, 2.45) is 7.05 Å². The second-order valence-corrected chi connectivity index (χ2v) is 6.42. The zero-order valence-corrected chi connectivity index (χ0v) is 14.3. The number of hydrogen-bond donors (Lipinski definition) is 0. The van der Waals surface area contributed by atoms with Gasteiger partial charge in [0.25, 0.3) is 0 Å². The zero-order chi connectivity index (χ0) is 19.8. The molecule has 0 atom stereocenters. The van der Waals surface area contributed by atoms with Crippen LogP contribution in [-0.4, -0.2) is 31.9 Å². The van der Waals surface area contributed by atoms with Crippen LogP contribution in [0.5, 0.6) is 0 Å². The zero-order valence-electron chi connectivity index (χ0n) is 13.5. The van der Waals surface area contributed by atoms with Crippen LogP contribution in [0.4, 0.5) is 26.3 Å². The Morgan fingerprint density at radius 3 is 2.41 bits per heavy atom. The molecule has 0 saturated carbocycles. The van der Waals surface area contributed by atoms with E-state index in [-0.39, 0.29) is 27.5 Å². The molecule has 0 spiro atoms. The maximum absolute atomic E-state index is 12.8. The summed E-state index contributed by atoms with van der Waals surface area (Å²) in [7, 11) is 1.32. The van der Waals surface area contributed by atoms with Gasteiger partial charge < -0.3 is 4.52 Å². The van der Waals surface area contributed by atoms with E-state index in [2.05, 4.69) is 19.8 Å². The molecular formula is C15H10F6N4OS. The van der Waals surface area contributed by atoms with E-state index in [4.69, 9.17) is 0 Å². The molecule has 0 bridgehead atoms. The summed E-state index contributed by atoms with van der Waals surface area (Å²) in [6.07, 6.45) is -8.03. The number of thioether (sulfide) groups is 1. The highest BCUT2D eigenvalue weighted by Gasteiger charge is 2.35. The Morgan fingerprint density at radius 2 is 1.85 bits per heavy atom. The largest absolute Gasteiger partial charge is 0.435 e. The van der Waals surface area contributed by atoms with Crippen molar-refractivity contribution < 1.29 is 30.9 Å². The van der Waals surface area contributed by atoms with Crippen molar-refractivity contribution >= 4 is 11.8 Å². The van der Waals surface area contributed by atoms with E-state index in [1.54, 1.807) is 0 Å². The number of rotatable bonds is 4. The van der Waals surface area contributed by atoms with Crippen molar-refractivity contribution in [1.82, 2.24) is 19.9 Å². The lowest BCUT2D eigenvalue weighted by molar-refractivity contribution is -0.141. The third kappa shape index (κ3) is 4.43. The molecule has 12 heteroatoms. The molecule has 5 nitrogen and oxygen atoms in total. The molecule has 0 N–H and O–H groups in total. The van der Waals surface area contributed by atoms with Crippen LogP contribution in [0.2, 0.25) is 0 Å². The van der Waals surface area contributed by atoms with Gasteiger partial charge in [0.15, 0.2) is 5.69 Å². The number of benzene rings is 1. The minimum Gasteiger partial charge on any atom is -0.342 e. The van der Waals surface area contributed by atoms with Gasteiger partial charge in [-0.2, -0.15) is 36.4 Å². The molecule has 0 amide bonds. The van der Waals surface area contributed by atoms with Crippen molar-refractivity contribution in [3.8, 4) is 22.6 Å². The Hall–Kier alpha value is -2.50. The Labute approximate surface area is 152 Å². The van der Waals surface area contributed by atoms with Crippen LogP contribution in [0.15, 0.2) is 40.1 Å². The fraction of sp³-hybridized carbons (Fsp3) is 0.267. The summed E-state index contributed by atoms with van der Waals surface area (Å²) < 4.78 is 82.1. The average molecular weight is 408 g/mol. The first-order chi connectivity index (χ1) is 12.5. The molecular weight excluding hydrogens is 398 g/mol. The maximum Gasteiger partial charge on any atom is 0.435 e. The molecule has 3 rings (SSSR count). The Morgan fingerprint density at radius 1 is 1.11 bits per heavy atom. The number of hydrogen-bond acceptors (Lipinski definition) is 5. The smallest absolute Gasteiger partial charge is 0.342 e. The van der Waals surface area contributed by atoms with E-state index in [0.717, 1.165) is 17.1 Å². The highest BCUT2D eigenvalue weighted by Crippen LogP contribution is 2.37. The normalized spacial score (nSPS) is 12.6. The van der Waals surface area contributed by atoms with Gasteiger partial charge in [-0.05, 0) is 18.2 Å². The summed E-state index contributed by atoms with van der Waals surface area (Å²) in [5.74, 6) is -1.10. The molecule has 0 fully saturated rings. The maximum atomic E-state index is 12.8. The lowest BCUT2D eigenvalue weighted by Crippen LogP contribution is -2.10. The summed E-state index contributed by atoms with van der Waals surface area (Å²) in [6.45, 7) is 0. The first-order valence-corrected chi connectivity index (χ1v) is 8.25. The number of aromatic nitrogens is 4. The van der Waals surface area contributed by atoms with Gasteiger partial charge in [-0.15, -0.1) is 11.8 Å². The van der Waals surface area contributed by atoms with E-state index in [9.17, 15) is 26.3 Å². The summed E-state index contributed by atoms with van der Waals surface area (Å²) >= 11 is 0.481. The highest BCUT2D eigenvalue weighted by atomic mass is 32.2. The summed E-state index contributed by atoms with van der Waals surface area (Å²) in [4.78, 5) is 3.96. The predicted molar refractivity (Wildman–Crippen MR) is 83.7 cm³/mol. The van der Waals surface area contributed by atoms with Crippen LogP contribution >= 0.6 is 11.8 Å². The van der Waals surface area contributed by atoms with E-state index in [1.165, 1.54) is 25.2 Å². The standard InChI is InChI=1S/C15H10F6N4OS/c1-25-10(5-12(23-25)15(19,20)21)8-2-3-9(13-22-7-26-24-13)11(4-8)27-6-14(16,17)18/h2-5,7H,6H2,1H3. The summed E-state index contributed by atoms with van der Waals surface area (Å²) in [5.41, 5.74) is -0.431. The van der Waals surface area contributed by atoms with Gasteiger partial charge in [0.1, 0.15) is 0 Å². The molecule has 0 saturated heterocycles. The fourth-order valence-electron chi connectivity index (χ4n) is 2.31. The molecule has 1 aromatic carbocycles. The van der Waals surface area contributed by atoms with E-state index >= 15 is 0 Å². The van der Waals surface area contributed by atoms with Crippen LogP contribution in [0.25, 0.3) is 22.6 Å². The van der Waals surface area contributed by atoms with Gasteiger partial charge in [-0.25, -0.2) is 0 Å². The van der Waals surface area contributed by atoms with E-state index in [1.807, 2.05) is 0 Å². The minimum atomic E-state index is -4.63. The van der Waals surface area contributed by atoms with Crippen LogP contribution < -0.4 is 0 Å². The average Bonchev–Trinajstić information content (AvgIpc) is 3.21. The summed E-state index contributed by atoms with van der Waals surface area (Å²) in [6, 6.07) is 5.07. The lowest BCUT2D eigenvalue weighted by Gasteiger charge is -2.11. The van der Waals surface area contributed by atoms with Gasteiger partial charge in [0, 0.05) is 23.1 Å². The van der Waals surface area contributed by atoms with E-state index in [0.29, 0.717) is 11.8 Å². The fourth-order valence-corrected chi connectivity index (χ4v) is 3.15. The molecule has 2 heterocycles. The second-order valence-electron chi connectivity index (χ2n) is 5.41. The third-order valence-electron chi connectivity index (χ3n) is 3.44. The van der Waals surface area contributed by atoms with Crippen molar-refractivity contribution in [3.05, 3.63) is 36.4 Å². The lowest BCUT2D eigenvalue weighted by atomic mass is 10.1. The third-order valence-corrected chi connectivity index (χ3v) is 4.56. The number of halogens is 6. The summed E-state index contributed by atoms with van der Waals surface area (Å²) in [5, 5.41) is 7.01. The van der Waals surface area contributed by atoms with Gasteiger partial charge in [0.2, 0.25) is 12.2 Å². The SMILES string of the molecule is Cn1nc(C(F)(F)F)cc1-c1ccc(-c2ncon2)c(SCC(F)(F)F)c1. The second kappa shape index (κ2) is 6.91. The molecule has 0 aliphatic carbocycles. The van der Waals surface area contributed by atoms with E-state index < -0.39 is 23.8 Å². The number of nitrogens with zero attached hydrogens (tertiary/aromatic N) is 4. The number of alkyl halides is 6. The van der Waals surface area contributed by atoms with Gasteiger partial charge in [0.05, 0.1) is 11.4 Å². The molecule has 27 heavy (non-hydrogen) atoms.